The van der Waals surface area contributed by atoms with Gasteiger partial charge in [-0.05, 0) is 48.8 Å². The van der Waals surface area contributed by atoms with Gasteiger partial charge in [0.05, 0.1) is 0 Å². The van der Waals surface area contributed by atoms with Crippen LogP contribution in [0.4, 0.5) is 0 Å². The molecule has 0 aliphatic carbocycles. The number of aromatic nitrogens is 3. The lowest BCUT2D eigenvalue weighted by atomic mass is 10.1. The van der Waals surface area contributed by atoms with Gasteiger partial charge in [-0.3, -0.25) is 0 Å². The zero-order chi connectivity index (χ0) is 14.5. The van der Waals surface area contributed by atoms with Crippen molar-refractivity contribution in [1.29, 1.82) is 0 Å². The van der Waals surface area contributed by atoms with Crippen molar-refractivity contribution in [1.82, 2.24) is 14.5 Å². The highest BCUT2D eigenvalue weighted by molar-refractivity contribution is 7.99. The molecule has 1 aliphatic rings. The second-order valence-corrected chi connectivity index (χ2v) is 6.81. The molecule has 3 heterocycles. The number of thioether (sulfide) groups is 1. The van der Waals surface area contributed by atoms with Gasteiger partial charge in [-0.25, -0.2) is 9.97 Å². The highest BCUT2D eigenvalue weighted by Crippen LogP contribution is 2.26. The Labute approximate surface area is 130 Å². The van der Waals surface area contributed by atoms with Crippen molar-refractivity contribution < 1.29 is 4.74 Å². The van der Waals surface area contributed by atoms with Crippen LogP contribution in [-0.4, -0.2) is 39.8 Å². The second kappa shape index (κ2) is 7.27. The Bertz CT molecular complexity index is 578. The number of fused-ring (bicyclic) bond motifs is 1. The molecule has 0 N–H and O–H groups in total. The molecule has 1 unspecified atom stereocenters. The summed E-state index contributed by atoms with van der Waals surface area (Å²) in [7, 11) is 1.75. The first-order valence-electron chi connectivity index (χ1n) is 7.75. The molecule has 4 nitrogen and oxygen atoms in total. The summed E-state index contributed by atoms with van der Waals surface area (Å²) >= 11 is 2.08. The molecule has 21 heavy (non-hydrogen) atoms. The van der Waals surface area contributed by atoms with Crippen LogP contribution in [0.15, 0.2) is 18.3 Å². The number of pyridine rings is 1. The van der Waals surface area contributed by atoms with E-state index in [1.54, 1.807) is 7.11 Å². The topological polar surface area (TPSA) is 39.9 Å². The normalized spacial score (nSPS) is 19.2. The Morgan fingerprint density at radius 1 is 1.48 bits per heavy atom. The number of aryl methyl sites for hydroxylation is 1. The van der Waals surface area contributed by atoms with Crippen molar-refractivity contribution in [2.75, 3.05) is 25.2 Å². The monoisotopic (exact) mass is 305 g/mol. The zero-order valence-electron chi connectivity index (χ0n) is 12.6. The van der Waals surface area contributed by atoms with Crippen LogP contribution in [0, 0.1) is 5.92 Å². The van der Waals surface area contributed by atoms with E-state index in [1.165, 1.54) is 24.3 Å². The minimum atomic E-state index is 0.754. The lowest BCUT2D eigenvalue weighted by Gasteiger charge is -2.22. The predicted octanol–water partition coefficient (Wildman–Crippen LogP) is 3.15. The van der Waals surface area contributed by atoms with Gasteiger partial charge in [0.1, 0.15) is 11.3 Å². The fourth-order valence-corrected chi connectivity index (χ4v) is 4.12. The molecule has 5 heteroatoms. The molecule has 3 rings (SSSR count). The molecule has 2 aromatic rings. The predicted molar refractivity (Wildman–Crippen MR) is 87.8 cm³/mol. The molecular formula is C16H23N3OS. The maximum atomic E-state index is 5.17. The van der Waals surface area contributed by atoms with E-state index in [1.807, 2.05) is 12.3 Å². The van der Waals surface area contributed by atoms with Gasteiger partial charge < -0.3 is 9.30 Å². The molecule has 0 bridgehead atoms. The molecule has 0 saturated carbocycles. The summed E-state index contributed by atoms with van der Waals surface area (Å²) in [5.74, 6) is 4.50. The van der Waals surface area contributed by atoms with Crippen molar-refractivity contribution >= 4 is 22.9 Å². The van der Waals surface area contributed by atoms with E-state index in [0.717, 1.165) is 48.9 Å². The molecule has 1 saturated heterocycles. The minimum Gasteiger partial charge on any atom is -0.385 e. The number of ether oxygens (including phenoxy) is 1. The summed E-state index contributed by atoms with van der Waals surface area (Å²) < 4.78 is 7.52. The van der Waals surface area contributed by atoms with Crippen molar-refractivity contribution in [2.24, 2.45) is 5.92 Å². The largest absolute Gasteiger partial charge is 0.385 e. The third-order valence-corrected chi connectivity index (χ3v) is 5.31. The highest BCUT2D eigenvalue weighted by Gasteiger charge is 2.18. The Kier molecular flexibility index (Phi) is 5.14. The average Bonchev–Trinajstić information content (AvgIpc) is 2.87. The molecule has 0 aromatic carbocycles. The third-order valence-electron chi connectivity index (χ3n) is 4.03. The molecule has 1 fully saturated rings. The van der Waals surface area contributed by atoms with E-state index in [2.05, 4.69) is 27.4 Å². The van der Waals surface area contributed by atoms with Crippen LogP contribution in [0.1, 0.15) is 25.1 Å². The Hall–Kier alpha value is -1.07. The first-order valence-corrected chi connectivity index (χ1v) is 8.91. The fraction of sp³-hybridized carbons (Fsp3) is 0.625. The Balaban J connectivity index is 1.83. The van der Waals surface area contributed by atoms with E-state index < -0.39 is 0 Å². The summed E-state index contributed by atoms with van der Waals surface area (Å²) in [5, 5.41) is 0. The van der Waals surface area contributed by atoms with Crippen LogP contribution < -0.4 is 0 Å². The first-order chi connectivity index (χ1) is 10.4. The molecule has 0 amide bonds. The maximum Gasteiger partial charge on any atom is 0.159 e. The van der Waals surface area contributed by atoms with Gasteiger partial charge in [0, 0.05) is 32.9 Å². The molecule has 0 spiro atoms. The highest BCUT2D eigenvalue weighted by atomic mass is 32.2. The number of imidazole rings is 1. The van der Waals surface area contributed by atoms with E-state index in [9.17, 15) is 0 Å². The van der Waals surface area contributed by atoms with E-state index in [4.69, 9.17) is 9.72 Å². The lowest BCUT2D eigenvalue weighted by molar-refractivity contribution is 0.194. The van der Waals surface area contributed by atoms with Gasteiger partial charge in [-0.15, -0.1) is 0 Å². The van der Waals surface area contributed by atoms with Gasteiger partial charge in [0.2, 0.25) is 0 Å². The molecular weight excluding hydrogens is 282 g/mol. The Morgan fingerprint density at radius 3 is 3.24 bits per heavy atom. The van der Waals surface area contributed by atoms with Gasteiger partial charge in [-0.2, -0.15) is 11.8 Å². The van der Waals surface area contributed by atoms with Crippen LogP contribution in [0.2, 0.25) is 0 Å². The maximum absolute atomic E-state index is 5.17. The number of hydrogen-bond acceptors (Lipinski definition) is 4. The van der Waals surface area contributed by atoms with Gasteiger partial charge in [-0.1, -0.05) is 0 Å². The third kappa shape index (κ3) is 3.58. The molecule has 1 aliphatic heterocycles. The first kappa shape index (κ1) is 14.9. The summed E-state index contributed by atoms with van der Waals surface area (Å²) in [6.07, 6.45) is 6.52. The standard InChI is InChI=1S/C16H23N3OS/c1-20-9-3-7-15-18-14-6-2-8-17-16(14)19(15)11-13-5-4-10-21-12-13/h2,6,8,13H,3-5,7,9-12H2,1H3. The van der Waals surface area contributed by atoms with Gasteiger partial charge in [0.15, 0.2) is 5.65 Å². The Morgan fingerprint density at radius 2 is 2.43 bits per heavy atom. The van der Waals surface area contributed by atoms with Gasteiger partial charge in [0.25, 0.3) is 0 Å². The smallest absolute Gasteiger partial charge is 0.159 e. The summed E-state index contributed by atoms with van der Waals surface area (Å²) in [6, 6.07) is 4.03. The quantitative estimate of drug-likeness (QED) is 0.769. The van der Waals surface area contributed by atoms with Crippen LogP contribution in [0.3, 0.4) is 0 Å². The fourth-order valence-electron chi connectivity index (χ4n) is 2.97. The van der Waals surface area contributed by atoms with Crippen molar-refractivity contribution in [3.8, 4) is 0 Å². The SMILES string of the molecule is COCCCc1nc2cccnc2n1CC1CCCSC1. The van der Waals surface area contributed by atoms with Crippen LogP contribution in [0.25, 0.3) is 11.2 Å². The van der Waals surface area contributed by atoms with Crippen LogP contribution in [-0.2, 0) is 17.7 Å². The summed E-state index contributed by atoms with van der Waals surface area (Å²) in [4.78, 5) is 9.35. The minimum absolute atomic E-state index is 0.754. The van der Waals surface area contributed by atoms with E-state index in [0.29, 0.717) is 0 Å². The molecule has 114 valence electrons. The molecule has 0 radical (unpaired) electrons. The second-order valence-electron chi connectivity index (χ2n) is 5.66. The zero-order valence-corrected chi connectivity index (χ0v) is 13.4. The number of nitrogens with zero attached hydrogens (tertiary/aromatic N) is 3. The summed E-state index contributed by atoms with van der Waals surface area (Å²) in [5.41, 5.74) is 2.06. The molecule has 1 atom stereocenters. The van der Waals surface area contributed by atoms with Gasteiger partial charge >= 0.3 is 0 Å². The number of hydrogen-bond donors (Lipinski definition) is 0. The van der Waals surface area contributed by atoms with E-state index in [-0.39, 0.29) is 0 Å². The average molecular weight is 305 g/mol. The van der Waals surface area contributed by atoms with Crippen molar-refractivity contribution in [3.63, 3.8) is 0 Å². The van der Waals surface area contributed by atoms with Crippen molar-refractivity contribution in [2.45, 2.75) is 32.2 Å². The van der Waals surface area contributed by atoms with Crippen molar-refractivity contribution in [3.05, 3.63) is 24.2 Å². The number of rotatable bonds is 6. The van der Waals surface area contributed by atoms with Crippen LogP contribution in [0.5, 0.6) is 0 Å². The number of methoxy groups -OCH3 is 1. The van der Waals surface area contributed by atoms with Crippen LogP contribution >= 0.6 is 11.8 Å². The van der Waals surface area contributed by atoms with E-state index >= 15 is 0 Å². The molecule has 2 aromatic heterocycles. The lowest BCUT2D eigenvalue weighted by Crippen LogP contribution is -2.19. The summed E-state index contributed by atoms with van der Waals surface area (Å²) in [6.45, 7) is 1.85.